The quantitative estimate of drug-likeness (QED) is 0.424. The predicted octanol–water partition coefficient (Wildman–Crippen LogP) is 4.68. The fourth-order valence-electron chi connectivity index (χ4n) is 4.05. The number of hydrogen-bond donors (Lipinski definition) is 2. The van der Waals surface area contributed by atoms with Crippen LogP contribution in [-0.4, -0.2) is 50.7 Å². The van der Waals surface area contributed by atoms with E-state index in [4.69, 9.17) is 4.74 Å². The van der Waals surface area contributed by atoms with Gasteiger partial charge in [0.15, 0.2) is 0 Å². The van der Waals surface area contributed by atoms with Gasteiger partial charge < -0.3 is 20.1 Å². The van der Waals surface area contributed by atoms with Gasteiger partial charge in [0.25, 0.3) is 0 Å². The number of hydrogen-bond acceptors (Lipinski definition) is 7. The number of ether oxygens (including phenoxy) is 1. The molecule has 2 N–H and O–H groups in total. The molecule has 2 aromatic carbocycles. The summed E-state index contributed by atoms with van der Waals surface area (Å²) in [5.74, 6) is 8.42. The van der Waals surface area contributed by atoms with Crippen LogP contribution in [0.1, 0.15) is 24.0 Å². The van der Waals surface area contributed by atoms with Gasteiger partial charge in [-0.3, -0.25) is 4.98 Å². The maximum Gasteiger partial charge on any atom is 0.145 e. The van der Waals surface area contributed by atoms with E-state index in [1.807, 2.05) is 55.5 Å². The summed E-state index contributed by atoms with van der Waals surface area (Å²) in [5.41, 5.74) is 2.57. The van der Waals surface area contributed by atoms with Crippen LogP contribution in [0.3, 0.4) is 0 Å². The first kappa shape index (κ1) is 22.8. The molecule has 0 unspecified atom stereocenters. The molecule has 1 aliphatic rings. The number of pyridine rings is 1. The zero-order valence-electron chi connectivity index (χ0n) is 19.8. The highest BCUT2D eigenvalue weighted by molar-refractivity contribution is 5.91. The van der Waals surface area contributed by atoms with E-state index in [1.165, 1.54) is 0 Å². The van der Waals surface area contributed by atoms with Gasteiger partial charge in [-0.2, -0.15) is 0 Å². The van der Waals surface area contributed by atoms with E-state index in [-0.39, 0.29) is 0 Å². The van der Waals surface area contributed by atoms with Crippen molar-refractivity contribution < 1.29 is 9.84 Å². The van der Waals surface area contributed by atoms with Crippen LogP contribution in [0, 0.1) is 18.8 Å². The molecule has 4 aromatic rings. The molecule has 0 radical (unpaired) electrons. The average molecular weight is 466 g/mol. The Morgan fingerprint density at radius 2 is 1.94 bits per heavy atom. The third kappa shape index (κ3) is 5.40. The van der Waals surface area contributed by atoms with Crippen molar-refractivity contribution in [1.82, 2.24) is 19.9 Å². The summed E-state index contributed by atoms with van der Waals surface area (Å²) >= 11 is 0. The molecular weight excluding hydrogens is 438 g/mol. The topological polar surface area (TPSA) is 83.4 Å². The average Bonchev–Trinajstić information content (AvgIpc) is 2.87. The van der Waals surface area contributed by atoms with Crippen molar-refractivity contribution in [2.24, 2.45) is 0 Å². The lowest BCUT2D eigenvalue weighted by Gasteiger charge is -2.32. The monoisotopic (exact) mass is 465 g/mol. The first-order valence-corrected chi connectivity index (χ1v) is 11.6. The van der Waals surface area contributed by atoms with Crippen molar-refractivity contribution in [3.63, 3.8) is 0 Å². The Morgan fingerprint density at radius 3 is 2.71 bits per heavy atom. The Balaban J connectivity index is 1.38. The number of aliphatic hydroxyl groups is 1. The highest BCUT2D eigenvalue weighted by Gasteiger charge is 2.28. The van der Waals surface area contributed by atoms with Gasteiger partial charge in [-0.05, 0) is 68.1 Å². The van der Waals surface area contributed by atoms with Crippen LogP contribution < -0.4 is 10.1 Å². The third-order valence-corrected chi connectivity index (χ3v) is 6.19. The van der Waals surface area contributed by atoms with Crippen LogP contribution in [-0.2, 0) is 0 Å². The maximum atomic E-state index is 10.8. The zero-order valence-corrected chi connectivity index (χ0v) is 19.8. The summed E-state index contributed by atoms with van der Waals surface area (Å²) in [5, 5.41) is 15.1. The number of nitrogens with one attached hydrogen (secondary N) is 1. The van der Waals surface area contributed by atoms with Crippen LogP contribution in [0.5, 0.6) is 11.5 Å². The standard InChI is InChI=1S/C28H27N5O2/c1-20-16-22(6-8-26(20)35-23-4-3-13-29-18-23)32-27-24-17-21(5-7-25(24)30-19-31-27)9-10-28(34)11-14-33(2)15-12-28/h3-8,13,16-19,34H,11-12,14-15H2,1-2H3,(H,30,31,32). The second-order valence-corrected chi connectivity index (χ2v) is 8.94. The second-order valence-electron chi connectivity index (χ2n) is 8.94. The Labute approximate surface area is 204 Å². The summed E-state index contributed by atoms with van der Waals surface area (Å²) in [6.45, 7) is 3.68. The lowest BCUT2D eigenvalue weighted by molar-refractivity contribution is 0.0350. The fourth-order valence-corrected chi connectivity index (χ4v) is 4.05. The van der Waals surface area contributed by atoms with Gasteiger partial charge in [0, 0.05) is 48.8 Å². The van der Waals surface area contributed by atoms with E-state index in [0.717, 1.165) is 46.6 Å². The molecule has 1 saturated heterocycles. The molecule has 7 heteroatoms. The van der Waals surface area contributed by atoms with Gasteiger partial charge in [0.1, 0.15) is 29.2 Å². The van der Waals surface area contributed by atoms with Crippen LogP contribution in [0.4, 0.5) is 11.5 Å². The molecule has 176 valence electrons. The summed E-state index contributed by atoms with van der Waals surface area (Å²) in [6, 6.07) is 15.4. The molecule has 2 aromatic heterocycles. The van der Waals surface area contributed by atoms with Crippen LogP contribution >= 0.6 is 0 Å². The molecule has 0 aliphatic carbocycles. The minimum atomic E-state index is -0.938. The zero-order chi connectivity index (χ0) is 24.3. The number of anilines is 2. The molecule has 0 spiro atoms. The SMILES string of the molecule is Cc1cc(Nc2ncnc3ccc(C#CC4(O)CCN(C)CC4)cc23)ccc1Oc1cccnc1. The Kier molecular flexibility index (Phi) is 6.32. The van der Waals surface area contributed by atoms with Crippen LogP contribution in [0.2, 0.25) is 0 Å². The van der Waals surface area contributed by atoms with Gasteiger partial charge in [-0.15, -0.1) is 0 Å². The molecule has 1 fully saturated rings. The second kappa shape index (κ2) is 9.71. The summed E-state index contributed by atoms with van der Waals surface area (Å²) in [4.78, 5) is 15.2. The summed E-state index contributed by atoms with van der Waals surface area (Å²) in [6.07, 6.45) is 6.25. The highest BCUT2D eigenvalue weighted by atomic mass is 16.5. The minimum absolute atomic E-state index is 0.653. The smallest absolute Gasteiger partial charge is 0.145 e. The van der Waals surface area contributed by atoms with E-state index in [0.29, 0.717) is 24.4 Å². The molecule has 0 atom stereocenters. The first-order chi connectivity index (χ1) is 17.0. The Bertz CT molecular complexity index is 1400. The lowest BCUT2D eigenvalue weighted by atomic mass is 9.92. The number of aryl methyl sites for hydroxylation is 1. The van der Waals surface area contributed by atoms with Crippen molar-refractivity contribution in [1.29, 1.82) is 0 Å². The number of aromatic nitrogens is 3. The molecule has 0 amide bonds. The van der Waals surface area contributed by atoms with Gasteiger partial charge in [0.05, 0.1) is 11.7 Å². The van der Waals surface area contributed by atoms with Crippen LogP contribution in [0.25, 0.3) is 10.9 Å². The molecular formula is C28H27N5O2. The third-order valence-electron chi connectivity index (χ3n) is 6.19. The van der Waals surface area contributed by atoms with E-state index < -0.39 is 5.60 Å². The van der Waals surface area contributed by atoms with E-state index in [1.54, 1.807) is 18.7 Å². The number of piperidine rings is 1. The molecule has 3 heterocycles. The van der Waals surface area contributed by atoms with Crippen molar-refractivity contribution in [2.75, 3.05) is 25.5 Å². The first-order valence-electron chi connectivity index (χ1n) is 11.6. The number of nitrogens with zero attached hydrogens (tertiary/aromatic N) is 4. The maximum absolute atomic E-state index is 10.8. The minimum Gasteiger partial charge on any atom is -0.455 e. The molecule has 1 aliphatic heterocycles. The van der Waals surface area contributed by atoms with E-state index in [9.17, 15) is 5.11 Å². The molecule has 5 rings (SSSR count). The number of benzene rings is 2. The highest BCUT2D eigenvalue weighted by Crippen LogP contribution is 2.30. The normalized spacial score (nSPS) is 15.3. The van der Waals surface area contributed by atoms with Crippen molar-refractivity contribution in [3.05, 3.63) is 78.4 Å². The molecule has 7 nitrogen and oxygen atoms in total. The van der Waals surface area contributed by atoms with Gasteiger partial charge >= 0.3 is 0 Å². The van der Waals surface area contributed by atoms with Gasteiger partial charge in [-0.1, -0.05) is 11.8 Å². The summed E-state index contributed by atoms with van der Waals surface area (Å²) < 4.78 is 5.94. The van der Waals surface area contributed by atoms with Gasteiger partial charge in [0.2, 0.25) is 0 Å². The van der Waals surface area contributed by atoms with Crippen molar-refractivity contribution >= 4 is 22.4 Å². The van der Waals surface area contributed by atoms with E-state index >= 15 is 0 Å². The number of fused-ring (bicyclic) bond motifs is 1. The lowest BCUT2D eigenvalue weighted by Crippen LogP contribution is -2.41. The van der Waals surface area contributed by atoms with Crippen molar-refractivity contribution in [3.8, 4) is 23.3 Å². The van der Waals surface area contributed by atoms with E-state index in [2.05, 4.69) is 44.1 Å². The Hall–Kier alpha value is -3.99. The predicted molar refractivity (Wildman–Crippen MR) is 137 cm³/mol. The Morgan fingerprint density at radius 1 is 1.09 bits per heavy atom. The number of rotatable bonds is 4. The van der Waals surface area contributed by atoms with Crippen molar-refractivity contribution in [2.45, 2.75) is 25.4 Å². The molecule has 0 saturated carbocycles. The summed E-state index contributed by atoms with van der Waals surface area (Å²) in [7, 11) is 2.06. The largest absolute Gasteiger partial charge is 0.455 e. The van der Waals surface area contributed by atoms with Crippen LogP contribution in [0.15, 0.2) is 67.3 Å². The molecule has 0 bridgehead atoms. The fraction of sp³-hybridized carbons (Fsp3) is 0.250. The van der Waals surface area contributed by atoms with Gasteiger partial charge in [-0.25, -0.2) is 9.97 Å². The molecule has 35 heavy (non-hydrogen) atoms. The number of likely N-dealkylation sites (tertiary alicyclic amines) is 1.